The third kappa shape index (κ3) is 4.03. The van der Waals surface area contributed by atoms with Gasteiger partial charge in [0.25, 0.3) is 10.0 Å². The quantitative estimate of drug-likeness (QED) is 0.851. The van der Waals surface area contributed by atoms with E-state index in [2.05, 4.69) is 27.6 Å². The summed E-state index contributed by atoms with van der Waals surface area (Å²) in [6.45, 7) is 2.21. The zero-order valence-electron chi connectivity index (χ0n) is 11.1. The highest BCUT2D eigenvalue weighted by atomic mass is 79.9. The predicted molar refractivity (Wildman–Crippen MR) is 83.0 cm³/mol. The van der Waals surface area contributed by atoms with Crippen LogP contribution in [0.4, 0.5) is 0 Å². The van der Waals surface area contributed by atoms with Crippen molar-refractivity contribution in [1.82, 2.24) is 4.72 Å². The number of nitrogens with one attached hydrogen (secondary N) is 1. The van der Waals surface area contributed by atoms with Crippen molar-refractivity contribution < 1.29 is 8.42 Å². The van der Waals surface area contributed by atoms with Crippen molar-refractivity contribution in [3.63, 3.8) is 0 Å². The van der Waals surface area contributed by atoms with E-state index in [9.17, 15) is 8.42 Å². The Bertz CT molecular complexity index is 504. The van der Waals surface area contributed by atoms with Crippen molar-refractivity contribution in [2.45, 2.75) is 55.7 Å². The highest BCUT2D eigenvalue weighted by molar-refractivity contribution is 9.10. The van der Waals surface area contributed by atoms with E-state index in [4.69, 9.17) is 0 Å². The smallest absolute Gasteiger partial charge is 0.207 e. The van der Waals surface area contributed by atoms with Gasteiger partial charge in [0.1, 0.15) is 4.21 Å². The summed E-state index contributed by atoms with van der Waals surface area (Å²) in [6, 6.07) is 1.88. The Hall–Kier alpha value is 0.0900. The predicted octanol–water partition coefficient (Wildman–Crippen LogP) is 4.15. The van der Waals surface area contributed by atoms with Gasteiger partial charge in [-0.05, 0) is 59.0 Å². The van der Waals surface area contributed by atoms with Crippen LogP contribution in [0.5, 0.6) is 0 Å². The zero-order chi connectivity index (χ0) is 13.9. The summed E-state index contributed by atoms with van der Waals surface area (Å²) in [5.74, 6) is 0.791. The fourth-order valence-corrected chi connectivity index (χ4v) is 6.38. The maximum Gasteiger partial charge on any atom is 0.251 e. The van der Waals surface area contributed by atoms with E-state index < -0.39 is 10.0 Å². The Labute approximate surface area is 128 Å². The summed E-state index contributed by atoms with van der Waals surface area (Å²) in [6.07, 6.45) is 6.72. The van der Waals surface area contributed by atoms with Gasteiger partial charge in [-0.15, -0.1) is 11.3 Å². The molecule has 2 rings (SSSR count). The minimum atomic E-state index is -3.36. The zero-order valence-corrected chi connectivity index (χ0v) is 14.3. The molecule has 1 N–H and O–H groups in total. The molecule has 1 aromatic rings. The van der Waals surface area contributed by atoms with E-state index >= 15 is 0 Å². The van der Waals surface area contributed by atoms with Gasteiger partial charge in [0.05, 0.1) is 0 Å². The van der Waals surface area contributed by atoms with Gasteiger partial charge in [-0.1, -0.05) is 19.8 Å². The van der Waals surface area contributed by atoms with Crippen molar-refractivity contribution in [2.24, 2.45) is 5.92 Å². The number of halogens is 1. The molecule has 1 fully saturated rings. The minimum Gasteiger partial charge on any atom is -0.207 e. The normalized spacial score (nSPS) is 24.5. The molecule has 1 aliphatic carbocycles. The third-order valence-corrected chi connectivity index (χ3v) is 7.88. The molecule has 0 radical (unpaired) electrons. The van der Waals surface area contributed by atoms with Crippen LogP contribution in [-0.2, 0) is 10.0 Å². The highest BCUT2D eigenvalue weighted by Gasteiger charge is 2.27. The standard InChI is InChI=1S/C13H20BrNO2S2/c1-2-3-10-4-6-11(7-5-10)15-19(16,17)13-12(14)8-9-18-13/h8-11,15H,2-7H2,1H3. The molecule has 0 atom stereocenters. The van der Waals surface area contributed by atoms with E-state index in [1.165, 1.54) is 24.2 Å². The average Bonchev–Trinajstić information content (AvgIpc) is 2.79. The molecule has 1 aliphatic rings. The Morgan fingerprint density at radius 3 is 2.58 bits per heavy atom. The second-order valence-corrected chi connectivity index (χ2v) is 8.86. The van der Waals surface area contributed by atoms with Crippen LogP contribution < -0.4 is 4.72 Å². The molecule has 0 amide bonds. The number of rotatable bonds is 5. The molecule has 1 heterocycles. The van der Waals surface area contributed by atoms with Gasteiger partial charge in [-0.2, -0.15) is 0 Å². The van der Waals surface area contributed by atoms with Crippen LogP contribution in [0.1, 0.15) is 45.4 Å². The molecule has 0 saturated heterocycles. The molecule has 1 aromatic heterocycles. The van der Waals surface area contributed by atoms with Crippen LogP contribution >= 0.6 is 27.3 Å². The first kappa shape index (κ1) is 15.5. The van der Waals surface area contributed by atoms with Crippen LogP contribution in [0.3, 0.4) is 0 Å². The van der Waals surface area contributed by atoms with E-state index in [1.54, 1.807) is 11.4 Å². The molecule has 0 unspecified atom stereocenters. The van der Waals surface area contributed by atoms with E-state index in [0.29, 0.717) is 8.68 Å². The maximum atomic E-state index is 12.3. The van der Waals surface area contributed by atoms with E-state index in [0.717, 1.165) is 31.6 Å². The Morgan fingerprint density at radius 2 is 2.05 bits per heavy atom. The molecule has 108 valence electrons. The number of thiophene rings is 1. The maximum absolute atomic E-state index is 12.3. The van der Waals surface area contributed by atoms with Crippen molar-refractivity contribution >= 4 is 37.3 Å². The lowest BCUT2D eigenvalue weighted by atomic mass is 9.84. The number of hydrogen-bond donors (Lipinski definition) is 1. The summed E-state index contributed by atoms with van der Waals surface area (Å²) in [7, 11) is -3.36. The topological polar surface area (TPSA) is 46.2 Å². The van der Waals surface area contributed by atoms with Crippen molar-refractivity contribution in [1.29, 1.82) is 0 Å². The van der Waals surface area contributed by atoms with Gasteiger partial charge >= 0.3 is 0 Å². The molecule has 0 aliphatic heterocycles. The second-order valence-electron chi connectivity index (χ2n) is 5.18. The summed E-state index contributed by atoms with van der Waals surface area (Å²) in [5, 5.41) is 1.79. The van der Waals surface area contributed by atoms with Crippen molar-refractivity contribution in [3.05, 3.63) is 15.9 Å². The third-order valence-electron chi connectivity index (χ3n) is 3.69. The first-order valence-corrected chi connectivity index (χ1v) is 9.94. The van der Waals surface area contributed by atoms with Crippen LogP contribution in [0, 0.1) is 5.92 Å². The monoisotopic (exact) mass is 365 g/mol. The molecule has 0 aromatic carbocycles. The lowest BCUT2D eigenvalue weighted by Gasteiger charge is -2.28. The van der Waals surface area contributed by atoms with E-state index in [1.807, 2.05) is 0 Å². The largest absolute Gasteiger partial charge is 0.251 e. The molecule has 1 saturated carbocycles. The average molecular weight is 366 g/mol. The molecule has 3 nitrogen and oxygen atoms in total. The molecular weight excluding hydrogens is 346 g/mol. The van der Waals surface area contributed by atoms with Crippen LogP contribution in [0.2, 0.25) is 0 Å². The molecule has 6 heteroatoms. The number of sulfonamides is 1. The first-order chi connectivity index (χ1) is 9.03. The van der Waals surface area contributed by atoms with Gasteiger partial charge in [-0.3, -0.25) is 0 Å². The summed E-state index contributed by atoms with van der Waals surface area (Å²) < 4.78 is 28.4. The highest BCUT2D eigenvalue weighted by Crippen LogP contribution is 2.31. The molecule has 19 heavy (non-hydrogen) atoms. The lowest BCUT2D eigenvalue weighted by molar-refractivity contribution is 0.297. The van der Waals surface area contributed by atoms with Crippen LogP contribution in [0.25, 0.3) is 0 Å². The SMILES string of the molecule is CCCC1CCC(NS(=O)(=O)c2sccc2Br)CC1. The van der Waals surface area contributed by atoms with Gasteiger partial charge in [0, 0.05) is 10.5 Å². The molecule has 0 spiro atoms. The molecular formula is C13H20BrNO2S2. The van der Waals surface area contributed by atoms with Crippen molar-refractivity contribution in [2.75, 3.05) is 0 Å². The number of hydrogen-bond acceptors (Lipinski definition) is 3. The van der Waals surface area contributed by atoms with Gasteiger partial charge in [0.2, 0.25) is 0 Å². The Morgan fingerprint density at radius 1 is 1.37 bits per heavy atom. The van der Waals surface area contributed by atoms with Crippen LogP contribution in [0.15, 0.2) is 20.1 Å². The van der Waals surface area contributed by atoms with Gasteiger partial charge < -0.3 is 0 Å². The Balaban J connectivity index is 1.94. The van der Waals surface area contributed by atoms with E-state index in [-0.39, 0.29) is 6.04 Å². The summed E-state index contributed by atoms with van der Waals surface area (Å²) in [5.41, 5.74) is 0. The van der Waals surface area contributed by atoms with Crippen LogP contribution in [-0.4, -0.2) is 14.5 Å². The lowest BCUT2D eigenvalue weighted by Crippen LogP contribution is -2.37. The first-order valence-electron chi connectivity index (χ1n) is 6.78. The second kappa shape index (κ2) is 6.70. The van der Waals surface area contributed by atoms with Gasteiger partial charge in [0.15, 0.2) is 0 Å². The fraction of sp³-hybridized carbons (Fsp3) is 0.692. The summed E-state index contributed by atoms with van der Waals surface area (Å²) in [4.78, 5) is 0. The van der Waals surface area contributed by atoms with Crippen molar-refractivity contribution in [3.8, 4) is 0 Å². The molecule has 0 bridgehead atoms. The minimum absolute atomic E-state index is 0.104. The fourth-order valence-electron chi connectivity index (χ4n) is 2.72. The summed E-state index contributed by atoms with van der Waals surface area (Å²) >= 11 is 4.54. The van der Waals surface area contributed by atoms with Gasteiger partial charge in [-0.25, -0.2) is 13.1 Å². The Kier molecular flexibility index (Phi) is 5.45.